The van der Waals surface area contributed by atoms with Crippen molar-refractivity contribution < 1.29 is 33.8 Å². The molecule has 73 heavy (non-hydrogen) atoms. The summed E-state index contributed by atoms with van der Waals surface area (Å²) in [4.78, 5) is 70.4. The van der Waals surface area contributed by atoms with Gasteiger partial charge in [-0.25, -0.2) is 4.98 Å². The van der Waals surface area contributed by atoms with E-state index < -0.39 is 29.5 Å². The van der Waals surface area contributed by atoms with Crippen LogP contribution in [0.1, 0.15) is 127 Å². The molecule has 0 radical (unpaired) electrons. The van der Waals surface area contributed by atoms with Crippen molar-refractivity contribution in [2.24, 2.45) is 16.3 Å². The van der Waals surface area contributed by atoms with Crippen LogP contribution in [0.15, 0.2) is 83.3 Å². The zero-order valence-electron chi connectivity index (χ0n) is 43.0. The number of fused-ring (bicyclic) bond motifs is 3. The number of aliphatic hydroxyl groups is 1. The van der Waals surface area contributed by atoms with Gasteiger partial charge in [0.15, 0.2) is 11.6 Å². The number of hydrogen-bond acceptors (Lipinski definition) is 14. The SMILES string of the molecule is COC(=O)C[C@@H]1N=C(c2ccc(N3CCC(Oc4ccc(C(=O)C[C@H](C(=O)N5C[C@H](O)C[C@H]5C(=O)N[C@@H](C)c5ccc(-c6scnc6C)cc5)C(C)(C)C)cc4)CC3)cc2)c2c(sc(C)c2C)-n2c(C)nnc21. The highest BCUT2D eigenvalue weighted by Crippen LogP contribution is 2.41. The lowest BCUT2D eigenvalue weighted by Gasteiger charge is -2.35. The molecule has 0 aliphatic carbocycles. The van der Waals surface area contributed by atoms with Gasteiger partial charge in [0.25, 0.3) is 0 Å². The number of aliphatic imine (C=N–C) groups is 1. The summed E-state index contributed by atoms with van der Waals surface area (Å²) in [6.07, 6.45) is 0.858. The lowest BCUT2D eigenvalue weighted by Crippen LogP contribution is -2.50. The van der Waals surface area contributed by atoms with Crippen LogP contribution < -0.4 is 15.0 Å². The van der Waals surface area contributed by atoms with E-state index in [4.69, 9.17) is 14.5 Å². The van der Waals surface area contributed by atoms with E-state index in [1.54, 1.807) is 34.8 Å². The van der Waals surface area contributed by atoms with E-state index in [9.17, 15) is 24.3 Å². The number of methoxy groups -OCH3 is 1. The Bertz CT molecular complexity index is 3040. The van der Waals surface area contributed by atoms with E-state index in [2.05, 4.69) is 63.5 Å². The molecule has 3 aromatic carbocycles. The average Bonchev–Trinajstić information content (AvgIpc) is 4.15. The molecule has 0 saturated carbocycles. The maximum absolute atomic E-state index is 14.4. The molecule has 6 heterocycles. The minimum Gasteiger partial charge on any atom is -0.490 e. The monoisotopic (exact) mass is 1020 g/mol. The average molecular weight is 1030 g/mol. The third-order valence-corrected chi connectivity index (χ3v) is 16.8. The first-order valence-electron chi connectivity index (χ1n) is 25.0. The number of hydrogen-bond donors (Lipinski definition) is 2. The molecule has 0 unspecified atom stereocenters. The predicted octanol–water partition coefficient (Wildman–Crippen LogP) is 9.26. The summed E-state index contributed by atoms with van der Waals surface area (Å²) in [6.45, 7) is 17.4. The third-order valence-electron chi connectivity index (χ3n) is 14.6. The number of carbonyl (C=O) groups is 4. The van der Waals surface area contributed by atoms with Crippen LogP contribution in [0.3, 0.4) is 0 Å². The van der Waals surface area contributed by atoms with Crippen LogP contribution in [-0.4, -0.2) is 104 Å². The van der Waals surface area contributed by atoms with E-state index in [-0.39, 0.29) is 61.5 Å². The van der Waals surface area contributed by atoms with Gasteiger partial charge in [-0.05, 0) is 93.1 Å². The first kappa shape index (κ1) is 51.3. The molecular weight excluding hydrogens is 961 g/mol. The Hall–Kier alpha value is -6.56. The number of ketones is 1. The van der Waals surface area contributed by atoms with Gasteiger partial charge in [0, 0.05) is 72.6 Å². The molecular formula is C56H64N8O7S2. The molecule has 9 rings (SSSR count). The van der Waals surface area contributed by atoms with Gasteiger partial charge < -0.3 is 29.7 Å². The van der Waals surface area contributed by atoms with Gasteiger partial charge in [-0.1, -0.05) is 57.2 Å². The summed E-state index contributed by atoms with van der Waals surface area (Å²) < 4.78 is 13.5. The molecule has 15 nitrogen and oxygen atoms in total. The van der Waals surface area contributed by atoms with E-state index in [0.29, 0.717) is 17.1 Å². The minimum atomic E-state index is -0.867. The van der Waals surface area contributed by atoms with Crippen LogP contribution in [0.25, 0.3) is 15.4 Å². The van der Waals surface area contributed by atoms with Gasteiger partial charge in [-0.15, -0.1) is 32.9 Å². The minimum absolute atomic E-state index is 0.0114. The number of anilines is 1. The Kier molecular flexibility index (Phi) is 14.9. The largest absolute Gasteiger partial charge is 0.490 e. The Morgan fingerprint density at radius 1 is 0.904 bits per heavy atom. The van der Waals surface area contributed by atoms with Crippen molar-refractivity contribution in [3.63, 3.8) is 0 Å². The van der Waals surface area contributed by atoms with Crippen molar-refractivity contribution in [1.82, 2.24) is 30.0 Å². The Labute approximate surface area is 434 Å². The number of benzene rings is 3. The number of thiophene rings is 1. The molecule has 5 atom stereocenters. The number of carbonyl (C=O) groups excluding carboxylic acids is 4. The molecule has 2 fully saturated rings. The predicted molar refractivity (Wildman–Crippen MR) is 284 cm³/mol. The van der Waals surface area contributed by atoms with Crippen molar-refractivity contribution in [2.75, 3.05) is 31.6 Å². The van der Waals surface area contributed by atoms with Gasteiger partial charge in [-0.3, -0.25) is 28.7 Å². The number of Topliss-reactive ketones (excluding diaryl/α,β-unsaturated/α-hetero) is 1. The molecule has 3 aliphatic heterocycles. The van der Waals surface area contributed by atoms with Crippen molar-refractivity contribution in [3.05, 3.63) is 128 Å². The maximum atomic E-state index is 14.4. The first-order valence-corrected chi connectivity index (χ1v) is 26.7. The second-order valence-corrected chi connectivity index (χ2v) is 22.7. The van der Waals surface area contributed by atoms with Crippen LogP contribution in [0.5, 0.6) is 5.75 Å². The highest BCUT2D eigenvalue weighted by molar-refractivity contribution is 7.15. The Morgan fingerprint density at radius 2 is 1.59 bits per heavy atom. The molecule has 2 N–H and O–H groups in total. The number of aromatic nitrogens is 4. The van der Waals surface area contributed by atoms with Crippen LogP contribution in [0, 0.1) is 39.0 Å². The van der Waals surface area contributed by atoms with Crippen molar-refractivity contribution >= 4 is 57.6 Å². The number of rotatable bonds is 14. The van der Waals surface area contributed by atoms with Gasteiger partial charge in [0.05, 0.1) is 53.4 Å². The molecule has 382 valence electrons. The topological polar surface area (TPSA) is 181 Å². The summed E-state index contributed by atoms with van der Waals surface area (Å²) in [5.41, 5.74) is 9.64. The van der Waals surface area contributed by atoms with Gasteiger partial charge in [-0.2, -0.15) is 0 Å². The number of aliphatic hydroxyl groups excluding tert-OH is 1. The third kappa shape index (κ3) is 10.8. The van der Waals surface area contributed by atoms with Gasteiger partial charge in [0.1, 0.15) is 34.8 Å². The number of aryl methyl sites for hydroxylation is 3. The second-order valence-electron chi connectivity index (χ2n) is 20.6. The molecule has 2 saturated heterocycles. The zero-order chi connectivity index (χ0) is 51.9. The molecule has 17 heteroatoms. The standard InChI is InChI=1S/C56H64N8O7S2/c1-31-34(4)73-55-49(31)50(59-45(28-48(67)70-9)52-61-60-35(5)64(52)55)38-14-18-40(19-15-38)62-24-22-43(23-25-62)71-42-20-16-37(17-21-42)47(66)27-44(56(6,7)8)54(69)63-29-41(65)26-46(63)53(68)58-32(2)36-10-12-39(13-11-36)51-33(3)57-30-72-51/h10-21,30,32,41,43-46,65H,22-29H2,1-9H3,(H,58,68)/t32-,41+,44+,45-,46-/m0/s1. The fourth-order valence-electron chi connectivity index (χ4n) is 10.2. The fourth-order valence-corrected chi connectivity index (χ4v) is 12.2. The van der Waals surface area contributed by atoms with Gasteiger partial charge >= 0.3 is 5.97 Å². The number of thiazole rings is 1. The number of β-amino-alcohol motifs (C(OH)–C–C–N with tert-alkyl or cyclic N) is 1. The molecule has 2 amide bonds. The fraction of sp³-hybridized carbons (Fsp3) is 0.429. The summed E-state index contributed by atoms with van der Waals surface area (Å²) in [5, 5.41) is 23.7. The number of esters is 1. The summed E-state index contributed by atoms with van der Waals surface area (Å²) in [5.74, 6) is 0.0901. The number of nitrogens with one attached hydrogen (secondary N) is 1. The molecule has 6 aromatic rings. The molecule has 0 bridgehead atoms. The smallest absolute Gasteiger partial charge is 0.308 e. The van der Waals surface area contributed by atoms with Gasteiger partial charge in [0.2, 0.25) is 11.8 Å². The molecule has 0 spiro atoms. The number of amides is 2. The van der Waals surface area contributed by atoms with E-state index in [1.165, 1.54) is 16.9 Å². The summed E-state index contributed by atoms with van der Waals surface area (Å²) in [7, 11) is 1.38. The Balaban J connectivity index is 0.801. The highest BCUT2D eigenvalue weighted by atomic mass is 32.1. The first-order chi connectivity index (χ1) is 34.9. The van der Waals surface area contributed by atoms with E-state index in [1.807, 2.05) is 88.0 Å². The van der Waals surface area contributed by atoms with Crippen LogP contribution in [0.4, 0.5) is 5.69 Å². The van der Waals surface area contributed by atoms with Crippen LogP contribution in [-0.2, 0) is 19.1 Å². The lowest BCUT2D eigenvalue weighted by molar-refractivity contribution is -0.144. The summed E-state index contributed by atoms with van der Waals surface area (Å²) in [6, 6.07) is 21.8. The van der Waals surface area contributed by atoms with Crippen molar-refractivity contribution in [1.29, 1.82) is 0 Å². The lowest BCUT2D eigenvalue weighted by atomic mass is 9.76. The summed E-state index contributed by atoms with van der Waals surface area (Å²) >= 11 is 3.26. The van der Waals surface area contributed by atoms with Crippen molar-refractivity contribution in [3.8, 4) is 21.2 Å². The van der Waals surface area contributed by atoms with Crippen molar-refractivity contribution in [2.45, 2.75) is 118 Å². The zero-order valence-corrected chi connectivity index (χ0v) is 44.6. The van der Waals surface area contributed by atoms with E-state index >= 15 is 0 Å². The second kappa shape index (κ2) is 21.1. The van der Waals surface area contributed by atoms with Crippen LogP contribution >= 0.6 is 22.7 Å². The number of nitrogens with zero attached hydrogens (tertiary/aromatic N) is 7. The van der Waals surface area contributed by atoms with E-state index in [0.717, 1.165) is 86.5 Å². The molecule has 3 aliphatic rings. The molecule has 3 aromatic heterocycles. The van der Waals surface area contributed by atoms with Crippen LogP contribution in [0.2, 0.25) is 0 Å². The number of likely N-dealkylation sites (tertiary alicyclic amines) is 1. The highest BCUT2D eigenvalue weighted by Gasteiger charge is 2.45. The normalized spacial score (nSPS) is 18.8. The quantitative estimate of drug-likeness (QED) is 0.0784. The number of ether oxygens (including phenoxy) is 2. The maximum Gasteiger partial charge on any atom is 0.308 e. The number of piperidine rings is 1. The Morgan fingerprint density at radius 3 is 2.23 bits per heavy atom.